The van der Waals surface area contributed by atoms with Crippen molar-refractivity contribution >= 4 is 23.5 Å². The molecule has 2 unspecified atom stereocenters. The van der Waals surface area contributed by atoms with E-state index in [9.17, 15) is 27.6 Å². The third kappa shape index (κ3) is 6.45. The zero-order valence-corrected chi connectivity index (χ0v) is 22.4. The summed E-state index contributed by atoms with van der Waals surface area (Å²) in [4.78, 5) is 43.2. The summed E-state index contributed by atoms with van der Waals surface area (Å²) in [6.07, 6.45) is 0.333. The highest BCUT2D eigenvalue weighted by Crippen LogP contribution is 2.41. The molecule has 2 fully saturated rings. The Morgan fingerprint density at radius 1 is 1.03 bits per heavy atom. The van der Waals surface area contributed by atoms with Crippen LogP contribution in [0.2, 0.25) is 0 Å². The fourth-order valence-corrected chi connectivity index (χ4v) is 5.88. The Bertz CT molecular complexity index is 1160. The summed E-state index contributed by atoms with van der Waals surface area (Å²) in [7, 11) is 1.26. The molecule has 2 amide bonds. The van der Waals surface area contributed by atoms with Crippen LogP contribution in [-0.2, 0) is 19.1 Å². The maximum atomic E-state index is 14.4. The number of para-hydroxylation sites is 1. The van der Waals surface area contributed by atoms with Gasteiger partial charge in [0.25, 0.3) is 0 Å². The van der Waals surface area contributed by atoms with Crippen LogP contribution in [0.3, 0.4) is 0 Å². The molecule has 1 aliphatic heterocycles. The molecule has 2 aliphatic rings. The fraction of sp³-hybridized carbons (Fsp3) is 0.500. The number of hydrogen-bond donors (Lipinski definition) is 0. The second-order valence-electron chi connectivity index (χ2n) is 10.8. The lowest BCUT2D eigenvalue weighted by molar-refractivity contribution is -0.160. The SMILES string of the molecule is COC(=O)C1(CC(=O)N(c2ccccc2)C2CCCC(F)(F)C2)CCN(C(=O)C(C)c2ccc(F)cc2)CC1. The Kier molecular flexibility index (Phi) is 8.67. The summed E-state index contributed by atoms with van der Waals surface area (Å²) < 4.78 is 47.2. The van der Waals surface area contributed by atoms with E-state index in [0.717, 1.165) is 0 Å². The van der Waals surface area contributed by atoms with Crippen LogP contribution in [0.25, 0.3) is 0 Å². The molecule has 4 rings (SSSR count). The largest absolute Gasteiger partial charge is 0.469 e. The van der Waals surface area contributed by atoms with Crippen molar-refractivity contribution in [3.63, 3.8) is 0 Å². The summed E-state index contributed by atoms with van der Waals surface area (Å²) in [6.45, 7) is 2.22. The number of esters is 1. The Morgan fingerprint density at radius 2 is 1.67 bits per heavy atom. The van der Waals surface area contributed by atoms with E-state index in [0.29, 0.717) is 24.1 Å². The number of likely N-dealkylation sites (tertiary alicyclic amines) is 1. The molecule has 0 spiro atoms. The van der Waals surface area contributed by atoms with Crippen molar-refractivity contribution in [3.05, 3.63) is 66.0 Å². The van der Waals surface area contributed by atoms with Gasteiger partial charge in [-0.1, -0.05) is 30.3 Å². The van der Waals surface area contributed by atoms with Crippen molar-refractivity contribution in [1.29, 1.82) is 0 Å². The maximum absolute atomic E-state index is 14.4. The van der Waals surface area contributed by atoms with Gasteiger partial charge in [0.2, 0.25) is 17.7 Å². The minimum atomic E-state index is -2.86. The number of halogens is 3. The molecule has 39 heavy (non-hydrogen) atoms. The van der Waals surface area contributed by atoms with Gasteiger partial charge in [0.1, 0.15) is 5.82 Å². The first kappa shape index (κ1) is 28.6. The molecule has 6 nitrogen and oxygen atoms in total. The van der Waals surface area contributed by atoms with Crippen LogP contribution in [0.4, 0.5) is 18.9 Å². The number of hydrogen-bond acceptors (Lipinski definition) is 4. The number of ether oxygens (including phenoxy) is 1. The smallest absolute Gasteiger partial charge is 0.312 e. The van der Waals surface area contributed by atoms with Gasteiger partial charge in [-0.15, -0.1) is 0 Å². The number of nitrogens with zero attached hydrogens (tertiary/aromatic N) is 2. The molecule has 2 atom stereocenters. The van der Waals surface area contributed by atoms with E-state index in [-0.39, 0.29) is 50.5 Å². The third-order valence-corrected chi connectivity index (χ3v) is 8.16. The normalized spacial score (nSPS) is 21.1. The number of rotatable bonds is 7. The number of benzene rings is 2. The molecule has 210 valence electrons. The first-order valence-electron chi connectivity index (χ1n) is 13.4. The summed E-state index contributed by atoms with van der Waals surface area (Å²) in [5, 5.41) is 0. The summed E-state index contributed by atoms with van der Waals surface area (Å²) in [5.74, 6) is -4.85. The second kappa shape index (κ2) is 11.8. The van der Waals surface area contributed by atoms with Crippen molar-refractivity contribution in [2.24, 2.45) is 5.41 Å². The highest BCUT2D eigenvalue weighted by atomic mass is 19.3. The predicted octanol–water partition coefficient (Wildman–Crippen LogP) is 5.71. The van der Waals surface area contributed by atoms with Crippen molar-refractivity contribution < 1.29 is 32.3 Å². The van der Waals surface area contributed by atoms with E-state index in [2.05, 4.69) is 0 Å². The van der Waals surface area contributed by atoms with Crippen molar-refractivity contribution in [2.45, 2.75) is 69.8 Å². The van der Waals surface area contributed by atoms with E-state index in [1.165, 1.54) is 24.1 Å². The number of piperidine rings is 1. The van der Waals surface area contributed by atoms with Gasteiger partial charge in [-0.2, -0.15) is 0 Å². The zero-order valence-electron chi connectivity index (χ0n) is 22.4. The Hall–Kier alpha value is -3.36. The molecule has 1 heterocycles. The van der Waals surface area contributed by atoms with Gasteiger partial charge in [0.15, 0.2) is 0 Å². The van der Waals surface area contributed by atoms with Crippen LogP contribution in [0.1, 0.15) is 63.4 Å². The van der Waals surface area contributed by atoms with E-state index in [4.69, 9.17) is 4.74 Å². The Morgan fingerprint density at radius 3 is 2.26 bits per heavy atom. The molecule has 1 aliphatic carbocycles. The lowest BCUT2D eigenvalue weighted by Gasteiger charge is -2.42. The third-order valence-electron chi connectivity index (χ3n) is 8.16. The minimum absolute atomic E-state index is 0.151. The van der Waals surface area contributed by atoms with Gasteiger partial charge in [0.05, 0.1) is 18.4 Å². The van der Waals surface area contributed by atoms with Crippen LogP contribution >= 0.6 is 0 Å². The molecule has 0 aromatic heterocycles. The monoisotopic (exact) mass is 544 g/mol. The van der Waals surface area contributed by atoms with E-state index in [1.54, 1.807) is 54.3 Å². The average Bonchev–Trinajstić information content (AvgIpc) is 2.93. The molecule has 0 bridgehead atoms. The lowest BCUT2D eigenvalue weighted by atomic mass is 9.74. The molecule has 2 aromatic rings. The summed E-state index contributed by atoms with van der Waals surface area (Å²) >= 11 is 0. The van der Waals surface area contributed by atoms with Crippen LogP contribution in [-0.4, -0.2) is 54.8 Å². The average molecular weight is 545 g/mol. The van der Waals surface area contributed by atoms with Gasteiger partial charge in [0, 0.05) is 44.1 Å². The quantitative estimate of drug-likeness (QED) is 0.419. The Labute approximate surface area is 227 Å². The number of alkyl halides is 2. The molecule has 0 radical (unpaired) electrons. The summed E-state index contributed by atoms with van der Waals surface area (Å²) in [6, 6.07) is 13.8. The maximum Gasteiger partial charge on any atom is 0.312 e. The lowest BCUT2D eigenvalue weighted by Crippen LogP contribution is -2.52. The highest BCUT2D eigenvalue weighted by molar-refractivity contribution is 5.97. The van der Waals surface area contributed by atoms with Crippen molar-refractivity contribution in [2.75, 3.05) is 25.1 Å². The second-order valence-corrected chi connectivity index (χ2v) is 10.8. The number of carbonyl (C=O) groups excluding carboxylic acids is 3. The Balaban J connectivity index is 1.52. The van der Waals surface area contributed by atoms with Crippen LogP contribution in [0.15, 0.2) is 54.6 Å². The number of anilines is 1. The molecule has 1 saturated carbocycles. The molecule has 1 saturated heterocycles. The molecule has 0 N–H and O–H groups in total. The minimum Gasteiger partial charge on any atom is -0.469 e. The van der Waals surface area contributed by atoms with Gasteiger partial charge in [-0.05, 0) is 62.4 Å². The van der Waals surface area contributed by atoms with Crippen LogP contribution in [0.5, 0.6) is 0 Å². The number of amides is 2. The van der Waals surface area contributed by atoms with Crippen molar-refractivity contribution in [1.82, 2.24) is 4.90 Å². The van der Waals surface area contributed by atoms with Gasteiger partial charge < -0.3 is 14.5 Å². The van der Waals surface area contributed by atoms with E-state index >= 15 is 0 Å². The number of carbonyl (C=O) groups is 3. The van der Waals surface area contributed by atoms with Crippen LogP contribution in [0, 0.1) is 11.2 Å². The van der Waals surface area contributed by atoms with Gasteiger partial charge in [-0.3, -0.25) is 14.4 Å². The van der Waals surface area contributed by atoms with Crippen molar-refractivity contribution in [3.8, 4) is 0 Å². The molecular weight excluding hydrogens is 509 g/mol. The highest BCUT2D eigenvalue weighted by Gasteiger charge is 2.48. The molecule has 9 heteroatoms. The number of methoxy groups -OCH3 is 1. The van der Waals surface area contributed by atoms with Crippen LogP contribution < -0.4 is 4.90 Å². The van der Waals surface area contributed by atoms with E-state index in [1.807, 2.05) is 0 Å². The summed E-state index contributed by atoms with van der Waals surface area (Å²) in [5.41, 5.74) is 0.0292. The molecule has 2 aromatic carbocycles. The molecular formula is C30H35F3N2O4. The fourth-order valence-electron chi connectivity index (χ4n) is 5.88. The standard InChI is InChI=1S/C30H35F3N2O4/c1-21(22-10-12-23(31)13-11-22)27(37)34-17-15-29(16-18-34,28(38)39-2)20-26(36)35(24-7-4-3-5-8-24)25-9-6-14-30(32,33)19-25/h3-5,7-8,10-13,21,25H,6,9,14-20H2,1-2H3. The topological polar surface area (TPSA) is 66.9 Å². The first-order valence-corrected chi connectivity index (χ1v) is 13.4. The predicted molar refractivity (Wildman–Crippen MR) is 141 cm³/mol. The van der Waals surface area contributed by atoms with E-state index < -0.39 is 41.6 Å². The van der Waals surface area contributed by atoms with Gasteiger partial charge >= 0.3 is 5.97 Å². The van der Waals surface area contributed by atoms with Gasteiger partial charge in [-0.25, -0.2) is 13.2 Å². The first-order chi connectivity index (χ1) is 18.5. The zero-order chi connectivity index (χ0) is 28.2.